The van der Waals surface area contributed by atoms with Gasteiger partial charge in [-0.3, -0.25) is 10.1 Å². The highest BCUT2D eigenvalue weighted by Crippen LogP contribution is 2.19. The molecule has 1 saturated heterocycles. The predicted molar refractivity (Wildman–Crippen MR) is 95.1 cm³/mol. The van der Waals surface area contributed by atoms with E-state index in [4.69, 9.17) is 16.3 Å². The lowest BCUT2D eigenvalue weighted by Gasteiger charge is -2.11. The number of hydrogen-bond donors (Lipinski definition) is 2. The van der Waals surface area contributed by atoms with Crippen molar-refractivity contribution in [1.82, 2.24) is 5.32 Å². The smallest absolute Gasteiger partial charge is 0.242 e. The van der Waals surface area contributed by atoms with E-state index in [1.54, 1.807) is 11.8 Å². The van der Waals surface area contributed by atoms with E-state index >= 15 is 0 Å². The summed E-state index contributed by atoms with van der Waals surface area (Å²) in [6, 6.07) is 14.8. The second-order valence-corrected chi connectivity index (χ2v) is 6.67. The zero-order valence-electron chi connectivity index (χ0n) is 12.4. The maximum atomic E-state index is 12.0. The summed E-state index contributed by atoms with van der Waals surface area (Å²) in [6.07, 6.45) is 0. The van der Waals surface area contributed by atoms with Gasteiger partial charge in [0.15, 0.2) is 0 Å². The SMILES string of the molecule is O=C(Nc1ccc(OCc2ccc(Cl)cc2)cc1)C1CSCN1. The maximum Gasteiger partial charge on any atom is 0.242 e. The Morgan fingerprint density at radius 3 is 2.61 bits per heavy atom. The lowest BCUT2D eigenvalue weighted by Crippen LogP contribution is -2.37. The molecule has 6 heteroatoms. The largest absolute Gasteiger partial charge is 0.489 e. The first kappa shape index (κ1) is 16.2. The van der Waals surface area contributed by atoms with Crippen molar-refractivity contribution < 1.29 is 9.53 Å². The van der Waals surface area contributed by atoms with E-state index in [0.29, 0.717) is 11.6 Å². The minimum absolute atomic E-state index is 0.00447. The number of anilines is 1. The van der Waals surface area contributed by atoms with Crippen LogP contribution in [0.25, 0.3) is 0 Å². The van der Waals surface area contributed by atoms with E-state index in [1.807, 2.05) is 48.5 Å². The van der Waals surface area contributed by atoms with Gasteiger partial charge in [-0.1, -0.05) is 23.7 Å². The number of carbonyl (C=O) groups excluding carboxylic acids is 1. The van der Waals surface area contributed by atoms with Gasteiger partial charge in [-0.2, -0.15) is 0 Å². The lowest BCUT2D eigenvalue weighted by atomic mass is 10.2. The van der Waals surface area contributed by atoms with Gasteiger partial charge in [0.25, 0.3) is 0 Å². The molecule has 0 aromatic heterocycles. The normalized spacial score (nSPS) is 17.0. The van der Waals surface area contributed by atoms with E-state index < -0.39 is 0 Å². The lowest BCUT2D eigenvalue weighted by molar-refractivity contribution is -0.117. The monoisotopic (exact) mass is 348 g/mol. The van der Waals surface area contributed by atoms with Crippen molar-refractivity contribution in [3.8, 4) is 5.75 Å². The first-order valence-corrected chi connectivity index (χ1v) is 8.83. The van der Waals surface area contributed by atoms with E-state index in [2.05, 4.69) is 10.6 Å². The van der Waals surface area contributed by atoms with Crippen LogP contribution in [0.5, 0.6) is 5.75 Å². The second kappa shape index (κ2) is 7.73. The number of carbonyl (C=O) groups is 1. The molecule has 1 amide bonds. The van der Waals surface area contributed by atoms with Gasteiger partial charge in [0.1, 0.15) is 12.4 Å². The van der Waals surface area contributed by atoms with Crippen LogP contribution in [0.4, 0.5) is 5.69 Å². The molecule has 1 atom stereocenters. The molecule has 0 aliphatic carbocycles. The highest BCUT2D eigenvalue weighted by molar-refractivity contribution is 7.99. The van der Waals surface area contributed by atoms with Crippen molar-refractivity contribution in [1.29, 1.82) is 0 Å². The number of ether oxygens (including phenoxy) is 1. The molecule has 2 aromatic rings. The zero-order valence-corrected chi connectivity index (χ0v) is 14.0. The standard InChI is InChI=1S/C17H17ClN2O2S/c18-13-3-1-12(2-4-13)9-22-15-7-5-14(6-8-15)20-17(21)16-10-23-11-19-16/h1-8,16,19H,9-11H2,(H,20,21). The third kappa shape index (κ3) is 4.64. The molecule has 2 N–H and O–H groups in total. The van der Waals surface area contributed by atoms with Gasteiger partial charge in [-0.15, -0.1) is 11.8 Å². The van der Waals surface area contributed by atoms with E-state index in [1.165, 1.54) is 0 Å². The molecule has 1 fully saturated rings. The van der Waals surface area contributed by atoms with Crippen LogP contribution in [0.2, 0.25) is 5.02 Å². The average molecular weight is 349 g/mol. The van der Waals surface area contributed by atoms with Gasteiger partial charge in [-0.05, 0) is 42.0 Å². The number of thioether (sulfide) groups is 1. The van der Waals surface area contributed by atoms with Gasteiger partial charge in [-0.25, -0.2) is 0 Å². The molecule has 1 aliphatic rings. The Labute approximate surface area is 144 Å². The minimum Gasteiger partial charge on any atom is -0.489 e. The number of rotatable bonds is 5. The Morgan fingerprint density at radius 1 is 1.22 bits per heavy atom. The second-order valence-electron chi connectivity index (χ2n) is 5.20. The van der Waals surface area contributed by atoms with Crippen molar-refractivity contribution in [3.05, 3.63) is 59.1 Å². The summed E-state index contributed by atoms with van der Waals surface area (Å²) in [5, 5.41) is 6.77. The topological polar surface area (TPSA) is 50.4 Å². The van der Waals surface area contributed by atoms with Crippen molar-refractivity contribution in [2.24, 2.45) is 0 Å². The quantitative estimate of drug-likeness (QED) is 0.868. The van der Waals surface area contributed by atoms with Gasteiger partial charge in [0.05, 0.1) is 6.04 Å². The van der Waals surface area contributed by atoms with Gasteiger partial charge in [0.2, 0.25) is 5.91 Å². The zero-order chi connectivity index (χ0) is 16.1. The number of benzene rings is 2. The van der Waals surface area contributed by atoms with Gasteiger partial charge in [0, 0.05) is 22.3 Å². The Balaban J connectivity index is 1.52. The molecule has 120 valence electrons. The van der Waals surface area contributed by atoms with Crippen LogP contribution in [-0.4, -0.2) is 23.6 Å². The number of amides is 1. The molecule has 3 rings (SSSR count). The predicted octanol–water partition coefficient (Wildman–Crippen LogP) is 3.52. The molecule has 0 spiro atoms. The Kier molecular flexibility index (Phi) is 5.43. The summed E-state index contributed by atoms with van der Waals surface area (Å²) in [7, 11) is 0. The molecule has 1 aliphatic heterocycles. The first-order valence-electron chi connectivity index (χ1n) is 7.30. The highest BCUT2D eigenvalue weighted by atomic mass is 35.5. The molecule has 1 heterocycles. The van der Waals surface area contributed by atoms with Crippen LogP contribution in [-0.2, 0) is 11.4 Å². The molecule has 23 heavy (non-hydrogen) atoms. The molecular formula is C17H17ClN2O2S. The molecule has 4 nitrogen and oxygen atoms in total. The van der Waals surface area contributed by atoms with Crippen molar-refractivity contribution in [2.45, 2.75) is 12.6 Å². The van der Waals surface area contributed by atoms with E-state index in [9.17, 15) is 4.79 Å². The summed E-state index contributed by atoms with van der Waals surface area (Å²) in [5.41, 5.74) is 1.82. The number of nitrogens with one attached hydrogen (secondary N) is 2. The summed E-state index contributed by atoms with van der Waals surface area (Å²) in [4.78, 5) is 12.0. The number of halogens is 1. The highest BCUT2D eigenvalue weighted by Gasteiger charge is 2.22. The summed E-state index contributed by atoms with van der Waals surface area (Å²) >= 11 is 7.58. The van der Waals surface area contributed by atoms with Crippen LogP contribution >= 0.6 is 23.4 Å². The van der Waals surface area contributed by atoms with Crippen LogP contribution in [0, 0.1) is 0 Å². The van der Waals surface area contributed by atoms with Crippen LogP contribution in [0.1, 0.15) is 5.56 Å². The minimum atomic E-state index is -0.110. The maximum absolute atomic E-state index is 12.0. The molecular weight excluding hydrogens is 332 g/mol. The molecule has 0 bridgehead atoms. The van der Waals surface area contributed by atoms with Crippen LogP contribution < -0.4 is 15.4 Å². The molecule has 0 radical (unpaired) electrons. The van der Waals surface area contributed by atoms with E-state index in [0.717, 1.165) is 28.6 Å². The van der Waals surface area contributed by atoms with Crippen LogP contribution in [0.15, 0.2) is 48.5 Å². The third-order valence-corrected chi connectivity index (χ3v) is 4.67. The number of hydrogen-bond acceptors (Lipinski definition) is 4. The van der Waals surface area contributed by atoms with Crippen molar-refractivity contribution in [3.63, 3.8) is 0 Å². The van der Waals surface area contributed by atoms with Crippen LogP contribution in [0.3, 0.4) is 0 Å². The summed E-state index contributed by atoms with van der Waals surface area (Å²) < 4.78 is 5.72. The fourth-order valence-electron chi connectivity index (χ4n) is 2.17. The third-order valence-electron chi connectivity index (χ3n) is 3.47. The van der Waals surface area contributed by atoms with Crippen molar-refractivity contribution >= 4 is 35.0 Å². The van der Waals surface area contributed by atoms with Gasteiger partial charge >= 0.3 is 0 Å². The molecule has 2 aromatic carbocycles. The fourth-order valence-corrected chi connectivity index (χ4v) is 3.24. The Hall–Kier alpha value is -1.69. The van der Waals surface area contributed by atoms with E-state index in [-0.39, 0.29) is 11.9 Å². The Morgan fingerprint density at radius 2 is 1.96 bits per heavy atom. The molecule has 0 saturated carbocycles. The summed E-state index contributed by atoms with van der Waals surface area (Å²) in [6.45, 7) is 0.478. The van der Waals surface area contributed by atoms with Crippen molar-refractivity contribution in [2.75, 3.05) is 16.9 Å². The fraction of sp³-hybridized carbons (Fsp3) is 0.235. The van der Waals surface area contributed by atoms with Gasteiger partial charge < -0.3 is 10.1 Å². The first-order chi connectivity index (χ1) is 11.2. The average Bonchev–Trinajstić information content (AvgIpc) is 3.10. The Bertz CT molecular complexity index is 655. The summed E-state index contributed by atoms with van der Waals surface area (Å²) in [5.74, 6) is 2.40. The molecule has 1 unspecified atom stereocenters.